The molecule has 8 nitrogen and oxygen atoms in total. The highest BCUT2D eigenvalue weighted by Crippen LogP contribution is 2.40. The molecule has 0 aliphatic rings. The number of anilines is 1. The van der Waals surface area contributed by atoms with Crippen LogP contribution in [0.1, 0.15) is 42.3 Å². The zero-order chi connectivity index (χ0) is 25.6. The van der Waals surface area contributed by atoms with Crippen LogP contribution in [0.3, 0.4) is 0 Å². The van der Waals surface area contributed by atoms with Gasteiger partial charge in [-0.15, -0.1) is 11.3 Å². The van der Waals surface area contributed by atoms with Gasteiger partial charge in [0.1, 0.15) is 22.8 Å². The topological polar surface area (TPSA) is 107 Å². The van der Waals surface area contributed by atoms with Gasteiger partial charge in [-0.25, -0.2) is 9.59 Å². The van der Waals surface area contributed by atoms with Crippen LogP contribution in [-0.2, 0) is 16.1 Å². The molecule has 35 heavy (non-hydrogen) atoms. The molecule has 0 atom stereocenters. The van der Waals surface area contributed by atoms with Gasteiger partial charge in [0, 0.05) is 10.9 Å². The predicted octanol–water partition coefficient (Wildman–Crippen LogP) is 6.01. The van der Waals surface area contributed by atoms with Crippen molar-refractivity contribution in [1.82, 2.24) is 0 Å². The van der Waals surface area contributed by atoms with Crippen molar-refractivity contribution in [3.63, 3.8) is 0 Å². The highest BCUT2D eigenvalue weighted by molar-refractivity contribution is 7.15. The molecule has 1 amide bonds. The van der Waals surface area contributed by atoms with Crippen molar-refractivity contribution in [2.45, 2.75) is 33.0 Å². The van der Waals surface area contributed by atoms with Gasteiger partial charge < -0.3 is 18.9 Å². The van der Waals surface area contributed by atoms with E-state index in [0.29, 0.717) is 38.8 Å². The molecule has 0 saturated carbocycles. The smallest absolute Gasteiger partial charge is 0.412 e. The van der Waals surface area contributed by atoms with Gasteiger partial charge >= 0.3 is 12.1 Å². The lowest BCUT2D eigenvalue weighted by atomic mass is 10.0. The number of nitriles is 1. The van der Waals surface area contributed by atoms with Crippen LogP contribution in [0.15, 0.2) is 47.8 Å². The molecule has 9 heteroatoms. The van der Waals surface area contributed by atoms with Crippen molar-refractivity contribution in [1.29, 1.82) is 5.26 Å². The number of rotatable bonds is 7. The number of nitrogens with zero attached hydrogens (tertiary/aromatic N) is 1. The van der Waals surface area contributed by atoms with E-state index in [0.717, 1.165) is 0 Å². The number of hydrogen-bond acceptors (Lipinski definition) is 8. The largest absolute Gasteiger partial charge is 0.493 e. The second kappa shape index (κ2) is 10.9. The summed E-state index contributed by atoms with van der Waals surface area (Å²) in [6.07, 6.45) is -0.686. The molecule has 0 radical (unpaired) electrons. The van der Waals surface area contributed by atoms with E-state index >= 15 is 0 Å². The lowest BCUT2D eigenvalue weighted by Crippen LogP contribution is -2.27. The van der Waals surface area contributed by atoms with E-state index in [2.05, 4.69) is 11.4 Å². The summed E-state index contributed by atoms with van der Waals surface area (Å²) in [6, 6.07) is 14.1. The SMILES string of the molecule is COc1ccc(-c2csc(NC(=O)OC(C)(C)C)c2C(=O)OCc2cccc(C#N)c2)cc1OC. The Morgan fingerprint density at radius 2 is 1.80 bits per heavy atom. The van der Waals surface area contributed by atoms with Crippen molar-refractivity contribution in [2.24, 2.45) is 0 Å². The number of amides is 1. The van der Waals surface area contributed by atoms with Crippen molar-refractivity contribution < 1.29 is 28.5 Å². The molecule has 0 saturated heterocycles. The molecule has 1 N–H and O–H groups in total. The average Bonchev–Trinajstić information content (AvgIpc) is 3.24. The normalized spacial score (nSPS) is 10.7. The molecule has 3 aromatic rings. The van der Waals surface area contributed by atoms with Gasteiger partial charge in [0.2, 0.25) is 0 Å². The molecule has 0 fully saturated rings. The van der Waals surface area contributed by atoms with Crippen molar-refractivity contribution in [2.75, 3.05) is 19.5 Å². The maximum Gasteiger partial charge on any atom is 0.412 e. The molecular formula is C26H26N2O6S. The van der Waals surface area contributed by atoms with Crippen LogP contribution < -0.4 is 14.8 Å². The zero-order valence-electron chi connectivity index (χ0n) is 20.1. The lowest BCUT2D eigenvalue weighted by molar-refractivity contribution is 0.0475. The quantitative estimate of drug-likeness (QED) is 0.401. The summed E-state index contributed by atoms with van der Waals surface area (Å²) < 4.78 is 21.6. The summed E-state index contributed by atoms with van der Waals surface area (Å²) in [4.78, 5) is 25.7. The Hall–Kier alpha value is -4.03. The first-order chi connectivity index (χ1) is 16.6. The van der Waals surface area contributed by atoms with E-state index in [1.54, 1.807) is 68.6 Å². The first kappa shape index (κ1) is 25.6. The number of nitrogens with one attached hydrogen (secondary N) is 1. The maximum absolute atomic E-state index is 13.3. The zero-order valence-corrected chi connectivity index (χ0v) is 20.9. The first-order valence-electron chi connectivity index (χ1n) is 10.6. The number of carbonyl (C=O) groups is 2. The second-order valence-corrected chi connectivity index (χ2v) is 9.32. The fraction of sp³-hybridized carbons (Fsp3) is 0.269. The minimum absolute atomic E-state index is 0.0402. The first-order valence-corrected chi connectivity index (χ1v) is 11.5. The van der Waals surface area contributed by atoms with Crippen LogP contribution >= 0.6 is 11.3 Å². The summed E-state index contributed by atoms with van der Waals surface area (Å²) in [7, 11) is 3.06. The van der Waals surface area contributed by atoms with Crippen LogP contribution in [0.4, 0.5) is 9.80 Å². The van der Waals surface area contributed by atoms with Crippen LogP contribution in [0.25, 0.3) is 11.1 Å². The van der Waals surface area contributed by atoms with Gasteiger partial charge in [-0.2, -0.15) is 5.26 Å². The fourth-order valence-corrected chi connectivity index (χ4v) is 4.16. The molecular weight excluding hydrogens is 468 g/mol. The number of carbonyl (C=O) groups excluding carboxylic acids is 2. The predicted molar refractivity (Wildman–Crippen MR) is 133 cm³/mol. The summed E-state index contributed by atoms with van der Waals surface area (Å²) in [6.45, 7) is 5.21. The molecule has 3 rings (SSSR count). The third kappa shape index (κ3) is 6.52. The van der Waals surface area contributed by atoms with Crippen molar-refractivity contribution in [3.05, 3.63) is 64.5 Å². The molecule has 0 unspecified atom stereocenters. The third-order valence-corrected chi connectivity index (χ3v) is 5.63. The van der Waals surface area contributed by atoms with Crippen molar-refractivity contribution in [3.8, 4) is 28.7 Å². The number of thiophene rings is 1. The highest BCUT2D eigenvalue weighted by Gasteiger charge is 2.25. The minimum Gasteiger partial charge on any atom is -0.493 e. The van der Waals surface area contributed by atoms with Crippen LogP contribution in [-0.4, -0.2) is 31.9 Å². The van der Waals surface area contributed by atoms with E-state index in [4.69, 9.17) is 24.2 Å². The summed E-state index contributed by atoms with van der Waals surface area (Å²) in [5, 5.41) is 13.8. The third-order valence-electron chi connectivity index (χ3n) is 4.73. The van der Waals surface area contributed by atoms with E-state index < -0.39 is 17.7 Å². The van der Waals surface area contributed by atoms with Gasteiger partial charge in [-0.1, -0.05) is 18.2 Å². The number of hydrogen-bond donors (Lipinski definition) is 1. The highest BCUT2D eigenvalue weighted by atomic mass is 32.1. The minimum atomic E-state index is -0.708. The van der Waals surface area contributed by atoms with E-state index in [9.17, 15) is 9.59 Å². The molecule has 0 spiro atoms. The molecule has 182 valence electrons. The number of esters is 1. The fourth-order valence-electron chi connectivity index (χ4n) is 3.22. The Balaban J connectivity index is 1.96. The summed E-state index contributed by atoms with van der Waals surface area (Å²) in [5.74, 6) is 0.398. The Labute approximate surface area is 208 Å². The van der Waals surface area contributed by atoms with Gasteiger partial charge in [0.25, 0.3) is 0 Å². The molecule has 0 aliphatic carbocycles. The molecule has 1 heterocycles. The molecule has 0 aliphatic heterocycles. The number of methoxy groups -OCH3 is 2. The van der Waals surface area contributed by atoms with E-state index in [-0.39, 0.29) is 12.2 Å². The van der Waals surface area contributed by atoms with Crippen molar-refractivity contribution >= 4 is 28.4 Å². The molecule has 2 aromatic carbocycles. The monoisotopic (exact) mass is 494 g/mol. The number of benzene rings is 2. The Bertz CT molecular complexity index is 1270. The van der Waals surface area contributed by atoms with Gasteiger partial charge in [-0.05, 0) is 56.2 Å². The van der Waals surface area contributed by atoms with Crippen LogP contribution in [0, 0.1) is 11.3 Å². The standard InChI is InChI=1S/C26H26N2O6S/c1-26(2,3)34-25(30)28-23-22(24(29)33-14-17-8-6-7-16(11-17)13-27)19(15-35-23)18-9-10-20(31-4)21(12-18)32-5/h6-12,15H,14H2,1-5H3,(H,28,30). The summed E-state index contributed by atoms with van der Waals surface area (Å²) in [5.41, 5.74) is 1.84. The second-order valence-electron chi connectivity index (χ2n) is 8.44. The van der Waals surface area contributed by atoms with Gasteiger partial charge in [0.15, 0.2) is 11.5 Å². The molecule has 1 aromatic heterocycles. The van der Waals surface area contributed by atoms with Crippen LogP contribution in [0.2, 0.25) is 0 Å². The Morgan fingerprint density at radius 1 is 1.06 bits per heavy atom. The van der Waals surface area contributed by atoms with E-state index in [1.165, 1.54) is 25.6 Å². The Kier molecular flexibility index (Phi) is 7.99. The number of ether oxygens (including phenoxy) is 4. The molecule has 0 bridgehead atoms. The average molecular weight is 495 g/mol. The summed E-state index contributed by atoms with van der Waals surface area (Å²) >= 11 is 1.18. The maximum atomic E-state index is 13.3. The lowest BCUT2D eigenvalue weighted by Gasteiger charge is -2.19. The Morgan fingerprint density at radius 3 is 2.46 bits per heavy atom. The van der Waals surface area contributed by atoms with Gasteiger partial charge in [0.05, 0.1) is 25.9 Å². The van der Waals surface area contributed by atoms with E-state index in [1.807, 2.05) is 0 Å². The van der Waals surface area contributed by atoms with Gasteiger partial charge in [-0.3, -0.25) is 5.32 Å². The van der Waals surface area contributed by atoms with Crippen LogP contribution in [0.5, 0.6) is 11.5 Å².